The van der Waals surface area contributed by atoms with Gasteiger partial charge in [0.1, 0.15) is 11.1 Å². The predicted octanol–water partition coefficient (Wildman–Crippen LogP) is 2.76. The lowest BCUT2D eigenvalue weighted by Gasteiger charge is -2.09. The third-order valence-corrected chi connectivity index (χ3v) is 5.34. The van der Waals surface area contributed by atoms with E-state index in [1.807, 2.05) is 48.5 Å². The quantitative estimate of drug-likeness (QED) is 0.464. The van der Waals surface area contributed by atoms with Crippen LogP contribution in [0.25, 0.3) is 11.0 Å². The van der Waals surface area contributed by atoms with Gasteiger partial charge in [-0.2, -0.15) is 5.10 Å². The van der Waals surface area contributed by atoms with Crippen LogP contribution in [0.4, 0.5) is 0 Å². The maximum absolute atomic E-state index is 12.8. The second-order valence-corrected chi connectivity index (χ2v) is 7.69. The summed E-state index contributed by atoms with van der Waals surface area (Å²) in [5, 5.41) is 4.97. The van der Waals surface area contributed by atoms with Crippen molar-refractivity contribution in [2.24, 2.45) is 7.05 Å². The van der Waals surface area contributed by atoms with Crippen molar-refractivity contribution < 1.29 is 4.74 Å². The summed E-state index contributed by atoms with van der Waals surface area (Å²) in [4.78, 5) is 25.4. The van der Waals surface area contributed by atoms with E-state index in [1.165, 1.54) is 11.6 Å². The molecular formula is C21H19BrN4O3. The Morgan fingerprint density at radius 2 is 1.59 bits per heavy atom. The molecule has 0 aliphatic heterocycles. The van der Waals surface area contributed by atoms with E-state index in [0.717, 1.165) is 25.9 Å². The highest BCUT2D eigenvalue weighted by Gasteiger charge is 2.15. The number of hydrogen-bond donors (Lipinski definition) is 0. The predicted molar refractivity (Wildman–Crippen MR) is 115 cm³/mol. The van der Waals surface area contributed by atoms with Gasteiger partial charge in [0.05, 0.1) is 20.2 Å². The maximum Gasteiger partial charge on any atom is 0.332 e. The molecule has 2 aromatic heterocycles. The summed E-state index contributed by atoms with van der Waals surface area (Å²) in [6, 6.07) is 15.3. The molecule has 2 heterocycles. The number of fused-ring (bicyclic) bond motifs is 1. The third kappa shape index (κ3) is 3.75. The van der Waals surface area contributed by atoms with Crippen LogP contribution in [-0.2, 0) is 20.1 Å². The zero-order chi connectivity index (χ0) is 20.5. The Balaban J connectivity index is 1.78. The van der Waals surface area contributed by atoms with Crippen molar-refractivity contribution in [3.05, 3.63) is 91.2 Å². The van der Waals surface area contributed by atoms with Crippen molar-refractivity contribution in [3.63, 3.8) is 0 Å². The smallest absolute Gasteiger partial charge is 0.332 e. The first-order chi connectivity index (χ1) is 14.0. The molecule has 0 fully saturated rings. The Morgan fingerprint density at radius 3 is 2.24 bits per heavy atom. The first-order valence-electron chi connectivity index (χ1n) is 9.00. The van der Waals surface area contributed by atoms with E-state index in [1.54, 1.807) is 18.0 Å². The van der Waals surface area contributed by atoms with E-state index in [0.29, 0.717) is 24.1 Å². The lowest BCUT2D eigenvalue weighted by Crippen LogP contribution is -2.38. The van der Waals surface area contributed by atoms with Crippen molar-refractivity contribution in [2.75, 3.05) is 7.11 Å². The van der Waals surface area contributed by atoms with Gasteiger partial charge in [0.25, 0.3) is 5.56 Å². The van der Waals surface area contributed by atoms with E-state index < -0.39 is 5.69 Å². The minimum Gasteiger partial charge on any atom is -0.497 e. The number of methoxy groups -OCH3 is 1. The Morgan fingerprint density at radius 1 is 0.966 bits per heavy atom. The number of ether oxygens (including phenoxy) is 1. The summed E-state index contributed by atoms with van der Waals surface area (Å²) in [7, 11) is 3.09. The molecule has 7 nitrogen and oxygen atoms in total. The van der Waals surface area contributed by atoms with Gasteiger partial charge in [0.15, 0.2) is 5.65 Å². The van der Waals surface area contributed by atoms with Crippen LogP contribution < -0.4 is 16.0 Å². The zero-order valence-corrected chi connectivity index (χ0v) is 17.6. The van der Waals surface area contributed by atoms with Crippen molar-refractivity contribution in [2.45, 2.75) is 13.1 Å². The number of nitrogens with zero attached hydrogens (tertiary/aromatic N) is 4. The topological polar surface area (TPSA) is 71.0 Å². The van der Waals surface area contributed by atoms with E-state index >= 15 is 0 Å². The van der Waals surface area contributed by atoms with E-state index in [9.17, 15) is 9.59 Å². The van der Waals surface area contributed by atoms with Crippen molar-refractivity contribution in [3.8, 4) is 5.75 Å². The minimum atomic E-state index is -0.396. The van der Waals surface area contributed by atoms with E-state index in [4.69, 9.17) is 4.74 Å². The second-order valence-electron chi connectivity index (χ2n) is 6.77. The van der Waals surface area contributed by atoms with Gasteiger partial charge in [-0.3, -0.25) is 18.6 Å². The molecule has 0 saturated heterocycles. The van der Waals surface area contributed by atoms with Crippen LogP contribution in [0.3, 0.4) is 0 Å². The molecule has 0 spiro atoms. The first-order valence-corrected chi connectivity index (χ1v) is 9.80. The molecule has 0 amide bonds. The normalized spacial score (nSPS) is 11.1. The average Bonchev–Trinajstić information content (AvgIpc) is 3.15. The van der Waals surface area contributed by atoms with Crippen molar-refractivity contribution >= 4 is 27.0 Å². The number of rotatable bonds is 5. The van der Waals surface area contributed by atoms with Gasteiger partial charge >= 0.3 is 5.69 Å². The van der Waals surface area contributed by atoms with E-state index in [-0.39, 0.29) is 5.56 Å². The van der Waals surface area contributed by atoms with Crippen LogP contribution in [-0.4, -0.2) is 26.0 Å². The Bertz CT molecular complexity index is 1290. The van der Waals surface area contributed by atoms with Crippen LogP contribution in [0.1, 0.15) is 11.1 Å². The fourth-order valence-corrected chi connectivity index (χ4v) is 3.48. The monoisotopic (exact) mass is 454 g/mol. The second kappa shape index (κ2) is 7.71. The number of benzene rings is 2. The molecule has 148 valence electrons. The number of aromatic nitrogens is 4. The van der Waals surface area contributed by atoms with Crippen LogP contribution in [0.2, 0.25) is 0 Å². The lowest BCUT2D eigenvalue weighted by atomic mass is 10.2. The maximum atomic E-state index is 12.8. The minimum absolute atomic E-state index is 0.308. The van der Waals surface area contributed by atoms with Gasteiger partial charge in [-0.1, -0.05) is 40.2 Å². The van der Waals surface area contributed by atoms with Gasteiger partial charge < -0.3 is 4.74 Å². The molecule has 2 aromatic carbocycles. The average molecular weight is 455 g/mol. The fourth-order valence-electron chi connectivity index (χ4n) is 3.21. The molecule has 29 heavy (non-hydrogen) atoms. The number of hydrogen-bond acceptors (Lipinski definition) is 4. The highest BCUT2D eigenvalue weighted by Crippen LogP contribution is 2.15. The molecule has 0 radical (unpaired) electrons. The van der Waals surface area contributed by atoms with Gasteiger partial charge in [-0.15, -0.1) is 0 Å². The van der Waals surface area contributed by atoms with Gasteiger partial charge in [0.2, 0.25) is 0 Å². The van der Waals surface area contributed by atoms with Crippen LogP contribution in [0.5, 0.6) is 5.75 Å². The summed E-state index contributed by atoms with van der Waals surface area (Å²) in [6.07, 6.45) is 1.70. The third-order valence-electron chi connectivity index (χ3n) is 4.81. The standard InChI is InChI=1S/C21H19BrN4O3/c1-24-20(27)18-13-25(11-14-3-7-16(22)8-4-14)23-19(18)26(21(24)28)12-15-5-9-17(29-2)10-6-15/h3-10,13H,11-12H2,1-2H3. The highest BCUT2D eigenvalue weighted by molar-refractivity contribution is 9.10. The molecule has 8 heteroatoms. The van der Waals surface area contributed by atoms with Gasteiger partial charge in [-0.25, -0.2) is 4.79 Å². The number of halogens is 1. The molecule has 4 aromatic rings. The Kier molecular flexibility index (Phi) is 5.10. The largest absolute Gasteiger partial charge is 0.497 e. The molecule has 0 unspecified atom stereocenters. The molecule has 0 saturated carbocycles. The molecular weight excluding hydrogens is 436 g/mol. The summed E-state index contributed by atoms with van der Waals surface area (Å²) in [5.74, 6) is 0.741. The van der Waals surface area contributed by atoms with Crippen LogP contribution in [0.15, 0.2) is 68.8 Å². The molecule has 0 aliphatic rings. The molecule has 0 bridgehead atoms. The Labute approximate surface area is 174 Å². The Hall–Kier alpha value is -3.13. The SMILES string of the molecule is COc1ccc(Cn2c(=O)n(C)c(=O)c3cn(Cc4ccc(Br)cc4)nc32)cc1. The molecule has 4 rings (SSSR count). The zero-order valence-electron chi connectivity index (χ0n) is 16.0. The fraction of sp³-hybridized carbons (Fsp3) is 0.190. The van der Waals surface area contributed by atoms with E-state index in [2.05, 4.69) is 21.0 Å². The van der Waals surface area contributed by atoms with Crippen LogP contribution in [0, 0.1) is 0 Å². The summed E-state index contributed by atoms with van der Waals surface area (Å²) >= 11 is 3.42. The van der Waals surface area contributed by atoms with Gasteiger partial charge in [0, 0.05) is 17.7 Å². The highest BCUT2D eigenvalue weighted by atomic mass is 79.9. The lowest BCUT2D eigenvalue weighted by molar-refractivity contribution is 0.414. The molecule has 0 N–H and O–H groups in total. The molecule has 0 atom stereocenters. The summed E-state index contributed by atoms with van der Waals surface area (Å²) < 4.78 is 10.5. The van der Waals surface area contributed by atoms with Crippen molar-refractivity contribution in [1.29, 1.82) is 0 Å². The summed E-state index contributed by atoms with van der Waals surface area (Å²) in [5.41, 5.74) is 1.59. The first kappa shape index (κ1) is 19.2. The van der Waals surface area contributed by atoms with Crippen LogP contribution >= 0.6 is 15.9 Å². The summed E-state index contributed by atoms with van der Waals surface area (Å²) in [6.45, 7) is 0.810. The van der Waals surface area contributed by atoms with Crippen molar-refractivity contribution in [1.82, 2.24) is 18.9 Å². The van der Waals surface area contributed by atoms with Gasteiger partial charge in [-0.05, 0) is 35.4 Å². The molecule has 0 aliphatic carbocycles.